The van der Waals surface area contributed by atoms with Gasteiger partial charge in [0.25, 0.3) is 11.5 Å². The summed E-state index contributed by atoms with van der Waals surface area (Å²) < 4.78 is 6.80. The summed E-state index contributed by atoms with van der Waals surface area (Å²) in [7, 11) is 1.59. The molecule has 0 aliphatic rings. The first-order valence-corrected chi connectivity index (χ1v) is 7.01. The van der Waals surface area contributed by atoms with E-state index < -0.39 is 5.91 Å². The molecule has 0 saturated heterocycles. The van der Waals surface area contributed by atoms with Crippen LogP contribution in [0.5, 0.6) is 5.75 Å². The molecule has 116 valence electrons. The molecule has 1 aromatic carbocycles. The zero-order valence-corrected chi connectivity index (χ0v) is 12.6. The van der Waals surface area contributed by atoms with Crippen LogP contribution in [-0.4, -0.2) is 17.6 Å². The molecule has 0 spiro atoms. The number of carbonyl (C=O) groups excluding carboxylic acids is 1. The van der Waals surface area contributed by atoms with Crippen molar-refractivity contribution < 1.29 is 9.53 Å². The smallest absolute Gasteiger partial charge is 0.270 e. The summed E-state index contributed by atoms with van der Waals surface area (Å²) in [6, 6.07) is 10.7. The fourth-order valence-electron chi connectivity index (χ4n) is 2.31. The van der Waals surface area contributed by atoms with Gasteiger partial charge in [-0.1, -0.05) is 19.1 Å². The minimum atomic E-state index is -0.591. The Labute approximate surface area is 128 Å². The minimum Gasteiger partial charge on any atom is -0.497 e. The number of benzene rings is 1. The van der Waals surface area contributed by atoms with Gasteiger partial charge in [0.2, 0.25) is 0 Å². The molecule has 1 aromatic heterocycles. The molecule has 0 aliphatic heterocycles. The van der Waals surface area contributed by atoms with E-state index in [1.54, 1.807) is 17.7 Å². The van der Waals surface area contributed by atoms with Gasteiger partial charge in [-0.25, -0.2) is 5.84 Å². The molecule has 2 aromatic rings. The van der Waals surface area contributed by atoms with Crippen molar-refractivity contribution >= 4 is 5.91 Å². The SMILES string of the molecule is CCCn1c(-c2cccc(OC)c2)ccc(C(=O)NN)c1=O. The third kappa shape index (κ3) is 3.01. The summed E-state index contributed by atoms with van der Waals surface area (Å²) >= 11 is 0. The monoisotopic (exact) mass is 301 g/mol. The van der Waals surface area contributed by atoms with Gasteiger partial charge in [-0.2, -0.15) is 0 Å². The molecule has 1 amide bonds. The highest BCUT2D eigenvalue weighted by Crippen LogP contribution is 2.23. The van der Waals surface area contributed by atoms with Crippen LogP contribution in [-0.2, 0) is 6.54 Å². The van der Waals surface area contributed by atoms with Crippen molar-refractivity contribution in [2.45, 2.75) is 19.9 Å². The number of aromatic nitrogens is 1. The molecular formula is C16H19N3O3. The first-order valence-electron chi connectivity index (χ1n) is 7.01. The van der Waals surface area contributed by atoms with Crippen LogP contribution in [0.25, 0.3) is 11.3 Å². The van der Waals surface area contributed by atoms with Crippen LogP contribution in [0, 0.1) is 0 Å². The maximum atomic E-state index is 12.5. The maximum absolute atomic E-state index is 12.5. The van der Waals surface area contributed by atoms with Gasteiger partial charge in [-0.05, 0) is 30.7 Å². The second-order valence-electron chi connectivity index (χ2n) is 4.79. The summed E-state index contributed by atoms with van der Waals surface area (Å²) in [5.74, 6) is 5.23. The van der Waals surface area contributed by atoms with Gasteiger partial charge in [0.1, 0.15) is 11.3 Å². The molecule has 0 atom stereocenters. The van der Waals surface area contributed by atoms with Gasteiger partial charge >= 0.3 is 0 Å². The molecule has 0 saturated carbocycles. The fraction of sp³-hybridized carbons (Fsp3) is 0.250. The van der Waals surface area contributed by atoms with Crippen LogP contribution >= 0.6 is 0 Å². The van der Waals surface area contributed by atoms with Crippen LogP contribution in [0.3, 0.4) is 0 Å². The van der Waals surface area contributed by atoms with E-state index in [0.717, 1.165) is 17.7 Å². The number of carbonyl (C=O) groups is 1. The van der Waals surface area contributed by atoms with Gasteiger partial charge in [-0.15, -0.1) is 0 Å². The van der Waals surface area contributed by atoms with Crippen LogP contribution in [0.1, 0.15) is 23.7 Å². The Morgan fingerprint density at radius 2 is 2.09 bits per heavy atom. The number of hydrogen-bond donors (Lipinski definition) is 2. The lowest BCUT2D eigenvalue weighted by Gasteiger charge is -2.14. The Kier molecular flexibility index (Phi) is 4.95. The molecule has 0 bridgehead atoms. The van der Waals surface area contributed by atoms with Crippen molar-refractivity contribution in [1.29, 1.82) is 0 Å². The Morgan fingerprint density at radius 1 is 1.32 bits per heavy atom. The maximum Gasteiger partial charge on any atom is 0.270 e. The van der Waals surface area contributed by atoms with E-state index in [9.17, 15) is 9.59 Å². The van der Waals surface area contributed by atoms with Gasteiger partial charge in [0.05, 0.1) is 12.8 Å². The largest absolute Gasteiger partial charge is 0.497 e. The first-order chi connectivity index (χ1) is 10.6. The number of nitrogens with zero attached hydrogens (tertiary/aromatic N) is 1. The predicted octanol–water partition coefficient (Wildman–Crippen LogP) is 1.54. The highest BCUT2D eigenvalue weighted by atomic mass is 16.5. The molecular weight excluding hydrogens is 282 g/mol. The summed E-state index contributed by atoms with van der Waals surface area (Å²) in [4.78, 5) is 24.2. The van der Waals surface area contributed by atoms with Crippen LogP contribution in [0.15, 0.2) is 41.2 Å². The van der Waals surface area contributed by atoms with Gasteiger partial charge < -0.3 is 9.30 Å². The van der Waals surface area contributed by atoms with Crippen LogP contribution in [0.4, 0.5) is 0 Å². The van der Waals surface area contributed by atoms with Crippen molar-refractivity contribution in [3.05, 3.63) is 52.3 Å². The summed E-state index contributed by atoms with van der Waals surface area (Å²) in [5.41, 5.74) is 3.26. The van der Waals surface area contributed by atoms with E-state index >= 15 is 0 Å². The number of pyridine rings is 1. The topological polar surface area (TPSA) is 86.3 Å². The Morgan fingerprint density at radius 3 is 2.73 bits per heavy atom. The number of nitrogens with one attached hydrogen (secondary N) is 1. The summed E-state index contributed by atoms with van der Waals surface area (Å²) in [5, 5.41) is 0. The van der Waals surface area contributed by atoms with Crippen molar-refractivity contribution in [3.63, 3.8) is 0 Å². The van der Waals surface area contributed by atoms with Crippen molar-refractivity contribution in [1.82, 2.24) is 9.99 Å². The van der Waals surface area contributed by atoms with E-state index in [0.29, 0.717) is 12.3 Å². The zero-order chi connectivity index (χ0) is 16.1. The van der Waals surface area contributed by atoms with E-state index in [-0.39, 0.29) is 11.1 Å². The van der Waals surface area contributed by atoms with E-state index in [1.165, 1.54) is 6.07 Å². The molecule has 6 heteroatoms. The van der Waals surface area contributed by atoms with E-state index in [4.69, 9.17) is 10.6 Å². The molecule has 22 heavy (non-hydrogen) atoms. The number of hydrazine groups is 1. The predicted molar refractivity (Wildman–Crippen MR) is 84.6 cm³/mol. The average molecular weight is 301 g/mol. The third-order valence-electron chi connectivity index (χ3n) is 3.36. The Bertz CT molecular complexity index is 738. The van der Waals surface area contributed by atoms with Gasteiger partial charge in [0, 0.05) is 12.1 Å². The second kappa shape index (κ2) is 6.91. The molecule has 0 aliphatic carbocycles. The van der Waals surface area contributed by atoms with E-state index in [1.807, 2.05) is 36.6 Å². The van der Waals surface area contributed by atoms with Crippen molar-refractivity contribution in [3.8, 4) is 17.0 Å². The second-order valence-corrected chi connectivity index (χ2v) is 4.79. The minimum absolute atomic E-state index is 0.0302. The summed E-state index contributed by atoms with van der Waals surface area (Å²) in [6.45, 7) is 2.48. The number of methoxy groups -OCH3 is 1. The van der Waals surface area contributed by atoms with E-state index in [2.05, 4.69) is 0 Å². The number of amides is 1. The number of nitrogen functional groups attached to an aromatic ring is 1. The molecule has 0 unspecified atom stereocenters. The molecule has 2 rings (SSSR count). The highest BCUT2D eigenvalue weighted by Gasteiger charge is 2.15. The summed E-state index contributed by atoms with van der Waals surface area (Å²) in [6.07, 6.45) is 0.768. The zero-order valence-electron chi connectivity index (χ0n) is 12.6. The Balaban J connectivity index is 2.63. The number of rotatable bonds is 5. The van der Waals surface area contributed by atoms with Crippen molar-refractivity contribution in [2.75, 3.05) is 7.11 Å². The first kappa shape index (κ1) is 15.8. The lowest BCUT2D eigenvalue weighted by molar-refractivity contribution is 0.0951. The number of nitrogens with two attached hydrogens (primary N) is 1. The fourth-order valence-corrected chi connectivity index (χ4v) is 2.31. The normalized spacial score (nSPS) is 10.3. The third-order valence-corrected chi connectivity index (χ3v) is 3.36. The number of hydrogen-bond acceptors (Lipinski definition) is 4. The van der Waals surface area contributed by atoms with Gasteiger partial charge in [-0.3, -0.25) is 15.0 Å². The van der Waals surface area contributed by atoms with Crippen LogP contribution < -0.4 is 21.6 Å². The van der Waals surface area contributed by atoms with Crippen molar-refractivity contribution in [2.24, 2.45) is 5.84 Å². The molecule has 0 radical (unpaired) electrons. The molecule has 6 nitrogen and oxygen atoms in total. The molecule has 3 N–H and O–H groups in total. The molecule has 1 heterocycles. The average Bonchev–Trinajstić information content (AvgIpc) is 2.56. The lowest BCUT2D eigenvalue weighted by atomic mass is 10.1. The Hall–Kier alpha value is -2.60. The highest BCUT2D eigenvalue weighted by molar-refractivity contribution is 5.93. The quantitative estimate of drug-likeness (QED) is 0.498. The standard InChI is InChI=1S/C16H19N3O3/c1-3-9-19-14(11-5-4-6-12(10-11)22-2)8-7-13(16(19)21)15(20)18-17/h4-8,10H,3,9,17H2,1-2H3,(H,18,20). The van der Waals surface area contributed by atoms with Gasteiger partial charge in [0.15, 0.2) is 0 Å². The molecule has 0 fully saturated rings. The number of ether oxygens (including phenoxy) is 1. The van der Waals surface area contributed by atoms with Crippen LogP contribution in [0.2, 0.25) is 0 Å². The lowest BCUT2D eigenvalue weighted by Crippen LogP contribution is -2.36.